The molecule has 3 rings (SSSR count). The molecule has 10 heteroatoms. The van der Waals surface area contributed by atoms with Crippen molar-refractivity contribution in [1.82, 2.24) is 20.6 Å². The van der Waals surface area contributed by atoms with Crippen molar-refractivity contribution in [3.05, 3.63) is 21.6 Å². The molecule has 4 atom stereocenters. The molecule has 1 aromatic rings. The molecule has 2 aliphatic rings. The van der Waals surface area contributed by atoms with E-state index in [0.29, 0.717) is 30.3 Å². The number of aromatic nitrogens is 2. The van der Waals surface area contributed by atoms with Crippen molar-refractivity contribution >= 4 is 18.1 Å². The summed E-state index contributed by atoms with van der Waals surface area (Å²) in [5.41, 5.74) is 7.09. The Bertz CT molecular complexity index is 1130. The van der Waals surface area contributed by atoms with Crippen molar-refractivity contribution in [3.8, 4) is 0 Å². The minimum Gasteiger partial charge on any atom is -0.449 e. The Morgan fingerprint density at radius 3 is 2.17 bits per heavy atom. The predicted octanol–water partition coefficient (Wildman–Crippen LogP) is 4.86. The molecule has 10 nitrogen and oxygen atoms in total. The smallest absolute Gasteiger partial charge is 0.407 e. The number of hydrogen-bond acceptors (Lipinski definition) is 6. The molecule has 0 radical (unpaired) electrons. The van der Waals surface area contributed by atoms with Gasteiger partial charge in [-0.15, -0.1) is 0 Å². The second kappa shape index (κ2) is 12.1. The molecule has 40 heavy (non-hydrogen) atoms. The van der Waals surface area contributed by atoms with E-state index in [4.69, 9.17) is 10.5 Å². The van der Waals surface area contributed by atoms with Crippen molar-refractivity contribution in [1.29, 1.82) is 0 Å². The molecule has 2 saturated carbocycles. The van der Waals surface area contributed by atoms with Crippen molar-refractivity contribution in [2.75, 3.05) is 25.0 Å². The number of nitrogens with two attached hydrogens (primary N) is 1. The van der Waals surface area contributed by atoms with Gasteiger partial charge in [0.2, 0.25) is 5.95 Å². The third-order valence-electron chi connectivity index (χ3n) is 8.50. The van der Waals surface area contributed by atoms with Gasteiger partial charge in [-0.2, -0.15) is 0 Å². The van der Waals surface area contributed by atoms with E-state index >= 15 is 0 Å². The van der Waals surface area contributed by atoms with Crippen molar-refractivity contribution in [2.24, 2.45) is 33.3 Å². The highest BCUT2D eigenvalue weighted by molar-refractivity contribution is 5.87. The van der Waals surface area contributed by atoms with Gasteiger partial charge >= 0.3 is 12.1 Å². The Hall–Kier alpha value is -2.62. The Kier molecular flexibility index (Phi) is 9.64. The lowest BCUT2D eigenvalue weighted by Crippen LogP contribution is -2.47. The molecule has 2 fully saturated rings. The van der Waals surface area contributed by atoms with Crippen LogP contribution in [0, 0.1) is 34.5 Å². The number of hydrogen-bond donors (Lipinski definition) is 5. The number of anilines is 1. The van der Waals surface area contributed by atoms with E-state index in [2.05, 4.69) is 74.4 Å². The first-order valence-corrected chi connectivity index (χ1v) is 14.7. The summed E-state index contributed by atoms with van der Waals surface area (Å²) in [6.07, 6.45) is 5.80. The van der Waals surface area contributed by atoms with E-state index in [1.54, 1.807) is 6.92 Å². The third kappa shape index (κ3) is 9.21. The standard InChI is InChI=1S/C30H52N6O4/c1-19-11-27(3,4)15-29(7,12-19)17-32-25(38)36-24-34-20(2)22(23(37)35-24)9-10-40-26(39)33-18-30(8)14-21(31)13-28(5,6)16-30/h19,21H,9-18,31H2,1-8H3,(H,33,39)(H3,32,34,35,36,37,38). The van der Waals surface area contributed by atoms with Crippen LogP contribution in [0.4, 0.5) is 15.5 Å². The van der Waals surface area contributed by atoms with E-state index in [9.17, 15) is 14.4 Å². The third-order valence-corrected chi connectivity index (χ3v) is 8.50. The van der Waals surface area contributed by atoms with E-state index in [1.807, 2.05) is 0 Å². The Labute approximate surface area is 239 Å². The van der Waals surface area contributed by atoms with Gasteiger partial charge in [-0.05, 0) is 73.0 Å². The Balaban J connectivity index is 1.46. The number of rotatable bonds is 8. The van der Waals surface area contributed by atoms with Gasteiger partial charge in [0.05, 0.1) is 12.3 Å². The Morgan fingerprint density at radius 1 is 0.975 bits per heavy atom. The fourth-order valence-corrected chi connectivity index (χ4v) is 8.13. The maximum Gasteiger partial charge on any atom is 0.407 e. The predicted molar refractivity (Wildman–Crippen MR) is 158 cm³/mol. The number of aromatic amines is 1. The zero-order valence-corrected chi connectivity index (χ0v) is 25.9. The highest BCUT2D eigenvalue weighted by Gasteiger charge is 2.41. The second-order valence-corrected chi connectivity index (χ2v) is 15.0. The molecule has 0 spiro atoms. The number of amides is 3. The summed E-state index contributed by atoms with van der Waals surface area (Å²) in [6, 6.07) is -0.280. The van der Waals surface area contributed by atoms with Gasteiger partial charge in [-0.25, -0.2) is 14.6 Å². The average molecular weight is 561 g/mol. The molecular weight excluding hydrogens is 508 g/mol. The van der Waals surface area contributed by atoms with Crippen LogP contribution in [-0.4, -0.2) is 47.8 Å². The molecule has 0 aromatic carbocycles. The molecular formula is C30H52N6O4. The van der Waals surface area contributed by atoms with Crippen LogP contribution >= 0.6 is 0 Å². The first kappa shape index (κ1) is 31.9. The second-order valence-electron chi connectivity index (χ2n) is 15.0. The summed E-state index contributed by atoms with van der Waals surface area (Å²) in [4.78, 5) is 44.6. The maximum atomic E-state index is 12.7. The molecule has 1 heterocycles. The summed E-state index contributed by atoms with van der Waals surface area (Å²) in [5.74, 6) is 0.695. The monoisotopic (exact) mass is 560 g/mol. The highest BCUT2D eigenvalue weighted by Crippen LogP contribution is 2.48. The van der Waals surface area contributed by atoms with Gasteiger partial charge < -0.3 is 21.1 Å². The molecule has 0 bridgehead atoms. The summed E-state index contributed by atoms with van der Waals surface area (Å²) < 4.78 is 5.35. The minimum atomic E-state index is -0.514. The number of aryl methyl sites for hydroxylation is 1. The fraction of sp³-hybridized carbons (Fsp3) is 0.800. The SMILES string of the molecule is Cc1nc(NC(=O)NCC2(C)CC(C)CC(C)(C)C2)[nH]c(=O)c1CCOC(=O)NCC1(C)CC(N)CC(C)(C)C1. The molecule has 6 N–H and O–H groups in total. The van der Waals surface area contributed by atoms with Crippen LogP contribution in [0.2, 0.25) is 0 Å². The first-order valence-electron chi connectivity index (χ1n) is 14.7. The van der Waals surface area contributed by atoms with Gasteiger partial charge in [0.1, 0.15) is 0 Å². The van der Waals surface area contributed by atoms with Crippen molar-refractivity contribution < 1.29 is 14.3 Å². The summed E-state index contributed by atoms with van der Waals surface area (Å²) in [7, 11) is 0. The van der Waals surface area contributed by atoms with Gasteiger partial charge in [-0.1, -0.05) is 48.5 Å². The number of nitrogens with zero attached hydrogens (tertiary/aromatic N) is 1. The lowest BCUT2D eigenvalue weighted by Gasteiger charge is -2.46. The van der Waals surface area contributed by atoms with Crippen LogP contribution in [0.15, 0.2) is 4.79 Å². The molecule has 1 aromatic heterocycles. The highest BCUT2D eigenvalue weighted by atomic mass is 16.5. The van der Waals surface area contributed by atoms with Crippen LogP contribution in [0.3, 0.4) is 0 Å². The van der Waals surface area contributed by atoms with E-state index in [1.165, 1.54) is 6.42 Å². The molecule has 0 aliphatic heterocycles. The largest absolute Gasteiger partial charge is 0.449 e. The van der Waals surface area contributed by atoms with Crippen LogP contribution in [0.1, 0.15) is 98.2 Å². The van der Waals surface area contributed by atoms with E-state index < -0.39 is 12.1 Å². The molecule has 3 amide bonds. The lowest BCUT2D eigenvalue weighted by atomic mass is 9.61. The van der Waals surface area contributed by atoms with Crippen LogP contribution < -0.4 is 27.2 Å². The number of carbonyl (C=O) groups is 2. The van der Waals surface area contributed by atoms with Gasteiger partial charge in [0.15, 0.2) is 0 Å². The van der Waals surface area contributed by atoms with Gasteiger partial charge in [-0.3, -0.25) is 15.1 Å². The van der Waals surface area contributed by atoms with Crippen LogP contribution in [0.5, 0.6) is 0 Å². The molecule has 2 aliphatic carbocycles. The first-order chi connectivity index (χ1) is 18.4. The van der Waals surface area contributed by atoms with Crippen molar-refractivity contribution in [2.45, 2.75) is 106 Å². The Morgan fingerprint density at radius 2 is 1.57 bits per heavy atom. The molecule has 0 saturated heterocycles. The number of urea groups is 1. The number of ether oxygens (including phenoxy) is 1. The van der Waals surface area contributed by atoms with Gasteiger partial charge in [0.25, 0.3) is 5.56 Å². The van der Waals surface area contributed by atoms with E-state index in [-0.39, 0.29) is 52.2 Å². The van der Waals surface area contributed by atoms with Gasteiger partial charge in [0, 0.05) is 31.1 Å². The van der Waals surface area contributed by atoms with Crippen molar-refractivity contribution in [3.63, 3.8) is 0 Å². The zero-order chi connectivity index (χ0) is 29.9. The maximum absolute atomic E-state index is 12.7. The number of H-pyrrole nitrogens is 1. The molecule has 226 valence electrons. The molecule has 4 unspecified atom stereocenters. The minimum absolute atomic E-state index is 0.0168. The summed E-state index contributed by atoms with van der Waals surface area (Å²) in [5, 5.41) is 8.48. The zero-order valence-electron chi connectivity index (χ0n) is 25.9. The van der Waals surface area contributed by atoms with E-state index in [0.717, 1.165) is 32.1 Å². The summed E-state index contributed by atoms with van der Waals surface area (Å²) >= 11 is 0. The number of nitrogens with one attached hydrogen (secondary N) is 4. The fourth-order valence-electron chi connectivity index (χ4n) is 8.13. The number of carbonyl (C=O) groups excluding carboxylic acids is 2. The average Bonchev–Trinajstić information content (AvgIpc) is 2.75. The number of alkyl carbamates (subject to hydrolysis) is 1. The van der Waals surface area contributed by atoms with Crippen LogP contribution in [-0.2, 0) is 11.2 Å². The topological polar surface area (TPSA) is 151 Å². The lowest BCUT2D eigenvalue weighted by molar-refractivity contribution is 0.0628. The van der Waals surface area contributed by atoms with Crippen LogP contribution in [0.25, 0.3) is 0 Å². The normalized spacial score (nSPS) is 29.3. The quantitative estimate of drug-likeness (QED) is 0.306. The summed E-state index contributed by atoms with van der Waals surface area (Å²) in [6.45, 7) is 18.4.